The molecule has 0 bridgehead atoms. The van der Waals surface area contributed by atoms with Gasteiger partial charge in [0.1, 0.15) is 5.75 Å². The van der Waals surface area contributed by atoms with Crippen LogP contribution in [-0.2, 0) is 0 Å². The Morgan fingerprint density at radius 1 is 1.10 bits per heavy atom. The summed E-state index contributed by atoms with van der Waals surface area (Å²) < 4.78 is 40.4. The molecule has 2 N–H and O–H groups in total. The molecule has 0 aliphatic rings. The number of ketones is 1. The normalized spacial score (nSPS) is 11.2. The third-order valence-corrected chi connectivity index (χ3v) is 3.24. The van der Waals surface area contributed by atoms with E-state index in [1.54, 1.807) is 18.2 Å². The first kappa shape index (κ1) is 15.4. The monoisotopic (exact) mass is 359 g/mol. The van der Waals surface area contributed by atoms with Crippen molar-refractivity contribution in [1.29, 1.82) is 0 Å². The van der Waals surface area contributed by atoms with Crippen molar-refractivity contribution in [3.8, 4) is 5.75 Å². The molecule has 0 aromatic heterocycles. The van der Waals surface area contributed by atoms with Crippen molar-refractivity contribution >= 4 is 27.4 Å². The van der Waals surface area contributed by atoms with Gasteiger partial charge in [-0.3, -0.25) is 4.79 Å². The Balaban J connectivity index is 2.24. The summed E-state index contributed by atoms with van der Waals surface area (Å²) >= 11 is 3.22. The lowest BCUT2D eigenvalue weighted by Crippen LogP contribution is -2.17. The van der Waals surface area contributed by atoms with Crippen LogP contribution in [0.25, 0.3) is 0 Å². The Morgan fingerprint density at radius 2 is 1.71 bits per heavy atom. The van der Waals surface area contributed by atoms with Gasteiger partial charge in [0.25, 0.3) is 0 Å². The maximum atomic E-state index is 12.2. The molecule has 0 heterocycles. The lowest BCUT2D eigenvalue weighted by Gasteiger charge is -2.09. The SMILES string of the molecule is Nc1ccc(C(=O)c2ccc(OC(F)(F)F)cc2)c(Br)c1. The molecule has 2 aromatic rings. The maximum absolute atomic E-state index is 12.2. The Kier molecular flexibility index (Phi) is 4.22. The molecule has 0 radical (unpaired) electrons. The molecule has 0 saturated carbocycles. The van der Waals surface area contributed by atoms with Crippen molar-refractivity contribution in [1.82, 2.24) is 0 Å². The number of halogens is 4. The molecule has 3 nitrogen and oxygen atoms in total. The lowest BCUT2D eigenvalue weighted by atomic mass is 10.0. The fourth-order valence-corrected chi connectivity index (χ4v) is 2.26. The summed E-state index contributed by atoms with van der Waals surface area (Å²) in [5.41, 5.74) is 6.69. The predicted octanol–water partition coefficient (Wildman–Crippen LogP) is 4.16. The van der Waals surface area contributed by atoms with Crippen LogP contribution < -0.4 is 10.5 Å². The number of carbonyl (C=O) groups is 1. The van der Waals surface area contributed by atoms with Crippen LogP contribution in [0.15, 0.2) is 46.9 Å². The highest BCUT2D eigenvalue weighted by atomic mass is 79.9. The first-order chi connectivity index (χ1) is 9.76. The Hall–Kier alpha value is -2.02. The minimum absolute atomic E-state index is 0.245. The average molecular weight is 360 g/mol. The van der Waals surface area contributed by atoms with E-state index in [2.05, 4.69) is 20.7 Å². The zero-order chi connectivity index (χ0) is 15.6. The van der Waals surface area contributed by atoms with Crippen molar-refractivity contribution in [3.63, 3.8) is 0 Å². The molecular formula is C14H9BrF3NO2. The van der Waals surface area contributed by atoms with E-state index in [9.17, 15) is 18.0 Å². The van der Waals surface area contributed by atoms with Gasteiger partial charge in [-0.05, 0) is 58.4 Å². The highest BCUT2D eigenvalue weighted by molar-refractivity contribution is 9.10. The van der Waals surface area contributed by atoms with Gasteiger partial charge in [-0.1, -0.05) is 0 Å². The van der Waals surface area contributed by atoms with Gasteiger partial charge in [-0.2, -0.15) is 0 Å². The highest BCUT2D eigenvalue weighted by Crippen LogP contribution is 2.25. The zero-order valence-electron chi connectivity index (χ0n) is 10.4. The second-order valence-electron chi connectivity index (χ2n) is 4.14. The Bertz CT molecular complexity index is 669. The van der Waals surface area contributed by atoms with Crippen LogP contribution in [0.3, 0.4) is 0 Å². The van der Waals surface area contributed by atoms with Gasteiger partial charge in [0.15, 0.2) is 5.78 Å². The number of benzene rings is 2. The molecule has 21 heavy (non-hydrogen) atoms. The number of ether oxygens (including phenoxy) is 1. The van der Waals surface area contributed by atoms with Crippen LogP contribution in [-0.4, -0.2) is 12.1 Å². The van der Waals surface area contributed by atoms with Gasteiger partial charge in [0, 0.05) is 21.3 Å². The largest absolute Gasteiger partial charge is 0.573 e. The molecule has 7 heteroatoms. The number of alkyl halides is 3. The van der Waals surface area contributed by atoms with Crippen LogP contribution in [0.5, 0.6) is 5.75 Å². The van der Waals surface area contributed by atoms with E-state index in [0.717, 1.165) is 12.1 Å². The second kappa shape index (κ2) is 5.77. The van der Waals surface area contributed by atoms with E-state index in [-0.39, 0.29) is 17.1 Å². The average Bonchev–Trinajstić information content (AvgIpc) is 2.37. The van der Waals surface area contributed by atoms with Crippen LogP contribution >= 0.6 is 15.9 Å². The maximum Gasteiger partial charge on any atom is 0.573 e. The van der Waals surface area contributed by atoms with Gasteiger partial charge in [0.2, 0.25) is 0 Å². The van der Waals surface area contributed by atoms with Gasteiger partial charge in [-0.15, -0.1) is 13.2 Å². The van der Waals surface area contributed by atoms with Gasteiger partial charge in [-0.25, -0.2) is 0 Å². The van der Waals surface area contributed by atoms with Crippen molar-refractivity contribution in [2.24, 2.45) is 0 Å². The number of nitrogens with two attached hydrogens (primary N) is 1. The van der Waals surface area contributed by atoms with Crippen LogP contribution in [0.1, 0.15) is 15.9 Å². The number of carbonyl (C=O) groups excluding carboxylic acids is 1. The molecule has 110 valence electrons. The Labute approximate surface area is 126 Å². The molecule has 0 amide bonds. The molecule has 0 fully saturated rings. The van der Waals surface area contributed by atoms with Crippen molar-refractivity contribution in [2.75, 3.05) is 5.73 Å². The molecular weight excluding hydrogens is 351 g/mol. The summed E-state index contributed by atoms with van der Waals surface area (Å²) in [6.07, 6.45) is -4.76. The number of rotatable bonds is 3. The lowest BCUT2D eigenvalue weighted by molar-refractivity contribution is -0.274. The number of anilines is 1. The zero-order valence-corrected chi connectivity index (χ0v) is 12.0. The summed E-state index contributed by atoms with van der Waals surface area (Å²) in [5.74, 6) is -0.712. The number of nitrogen functional groups attached to an aromatic ring is 1. The third-order valence-electron chi connectivity index (χ3n) is 2.59. The molecule has 0 spiro atoms. The predicted molar refractivity (Wildman–Crippen MR) is 75.1 cm³/mol. The fourth-order valence-electron chi connectivity index (χ4n) is 1.68. The summed E-state index contributed by atoms with van der Waals surface area (Å²) in [5, 5.41) is 0. The molecule has 0 saturated heterocycles. The standard InChI is InChI=1S/C14H9BrF3NO2/c15-12-7-9(19)3-6-11(12)13(20)8-1-4-10(5-2-8)21-14(16,17)18/h1-7H,19H2. The van der Waals surface area contributed by atoms with Crippen LogP contribution in [0.2, 0.25) is 0 Å². The number of hydrogen-bond donors (Lipinski definition) is 1. The molecule has 2 aromatic carbocycles. The van der Waals surface area contributed by atoms with E-state index in [1.165, 1.54) is 12.1 Å². The first-order valence-electron chi connectivity index (χ1n) is 5.72. The van der Waals surface area contributed by atoms with Crippen molar-refractivity contribution in [3.05, 3.63) is 58.1 Å². The highest BCUT2D eigenvalue weighted by Gasteiger charge is 2.31. The molecule has 0 aliphatic carbocycles. The molecule has 2 rings (SSSR count). The van der Waals surface area contributed by atoms with E-state index in [0.29, 0.717) is 15.7 Å². The summed E-state index contributed by atoms with van der Waals surface area (Å²) in [4.78, 5) is 12.2. The van der Waals surface area contributed by atoms with E-state index in [1.807, 2.05) is 0 Å². The fraction of sp³-hybridized carbons (Fsp3) is 0.0714. The first-order valence-corrected chi connectivity index (χ1v) is 6.51. The van der Waals surface area contributed by atoms with E-state index < -0.39 is 6.36 Å². The number of hydrogen-bond acceptors (Lipinski definition) is 3. The molecule has 0 aliphatic heterocycles. The Morgan fingerprint density at radius 3 is 2.24 bits per heavy atom. The van der Waals surface area contributed by atoms with Gasteiger partial charge < -0.3 is 10.5 Å². The van der Waals surface area contributed by atoms with Crippen LogP contribution in [0, 0.1) is 0 Å². The quantitative estimate of drug-likeness (QED) is 0.661. The van der Waals surface area contributed by atoms with E-state index >= 15 is 0 Å². The van der Waals surface area contributed by atoms with Crippen molar-refractivity contribution in [2.45, 2.75) is 6.36 Å². The van der Waals surface area contributed by atoms with Crippen molar-refractivity contribution < 1.29 is 22.7 Å². The molecule has 0 atom stereocenters. The minimum atomic E-state index is -4.76. The van der Waals surface area contributed by atoms with Crippen LogP contribution in [0.4, 0.5) is 18.9 Å². The molecule has 0 unspecified atom stereocenters. The second-order valence-corrected chi connectivity index (χ2v) is 4.99. The van der Waals surface area contributed by atoms with Gasteiger partial charge >= 0.3 is 6.36 Å². The topological polar surface area (TPSA) is 52.3 Å². The van der Waals surface area contributed by atoms with Gasteiger partial charge in [0.05, 0.1) is 0 Å². The smallest absolute Gasteiger partial charge is 0.406 e. The summed E-state index contributed by atoms with van der Waals surface area (Å²) in [7, 11) is 0. The summed E-state index contributed by atoms with van der Waals surface area (Å²) in [6, 6.07) is 9.41. The third kappa shape index (κ3) is 3.98. The minimum Gasteiger partial charge on any atom is -0.406 e. The van der Waals surface area contributed by atoms with E-state index in [4.69, 9.17) is 5.73 Å². The summed E-state index contributed by atoms with van der Waals surface area (Å²) in [6.45, 7) is 0.